The molecule has 1 fully saturated rings. The number of aliphatic imine (C=N–C) groups is 1. The largest absolute Gasteiger partial charge is 0.494 e. The monoisotopic (exact) mass is 505 g/mol. The van der Waals surface area contributed by atoms with E-state index in [4.69, 9.17) is 14.5 Å². The molecule has 1 atom stereocenters. The van der Waals surface area contributed by atoms with Crippen molar-refractivity contribution in [3.8, 4) is 5.75 Å². The van der Waals surface area contributed by atoms with Crippen LogP contribution in [0.15, 0.2) is 71.7 Å². The Balaban J connectivity index is 1.45. The molecule has 1 N–H and O–H groups in total. The van der Waals surface area contributed by atoms with Gasteiger partial charge in [-0.25, -0.2) is 4.99 Å². The van der Waals surface area contributed by atoms with Crippen molar-refractivity contribution in [1.29, 1.82) is 0 Å². The van der Waals surface area contributed by atoms with Gasteiger partial charge in [0.2, 0.25) is 11.8 Å². The molecule has 0 bridgehead atoms. The minimum absolute atomic E-state index is 0.0700. The predicted molar refractivity (Wildman–Crippen MR) is 146 cm³/mol. The number of amides is 2. The van der Waals surface area contributed by atoms with Crippen LogP contribution in [0.2, 0.25) is 0 Å². The number of nitrogens with zero attached hydrogens (tertiary/aromatic N) is 2. The smallest absolute Gasteiger partial charge is 0.242 e. The Morgan fingerprint density at radius 1 is 1.03 bits per heavy atom. The Bertz CT molecular complexity index is 1230. The number of thioether (sulfide) groups is 1. The molecular formula is C28H31N3O4S. The first kappa shape index (κ1) is 25.7. The molecule has 0 aliphatic carbocycles. The summed E-state index contributed by atoms with van der Waals surface area (Å²) in [6.45, 7) is 6.16. The van der Waals surface area contributed by atoms with E-state index in [0.717, 1.165) is 22.2 Å². The van der Waals surface area contributed by atoms with Crippen LogP contribution in [0.1, 0.15) is 26.7 Å². The number of benzene rings is 3. The molecule has 0 unspecified atom stereocenters. The third-order valence-electron chi connectivity index (χ3n) is 5.67. The van der Waals surface area contributed by atoms with Crippen LogP contribution in [0.5, 0.6) is 5.75 Å². The van der Waals surface area contributed by atoms with Crippen LogP contribution in [0.25, 0.3) is 10.8 Å². The second kappa shape index (κ2) is 12.6. The summed E-state index contributed by atoms with van der Waals surface area (Å²) in [4.78, 5) is 32.5. The van der Waals surface area contributed by atoms with E-state index >= 15 is 0 Å². The molecule has 188 valence electrons. The maximum atomic E-state index is 13.3. The van der Waals surface area contributed by atoms with Gasteiger partial charge < -0.3 is 14.8 Å². The van der Waals surface area contributed by atoms with Crippen molar-refractivity contribution < 1.29 is 19.1 Å². The van der Waals surface area contributed by atoms with Gasteiger partial charge in [0.25, 0.3) is 0 Å². The number of rotatable bonds is 11. The zero-order valence-corrected chi connectivity index (χ0v) is 21.4. The van der Waals surface area contributed by atoms with Crippen molar-refractivity contribution in [1.82, 2.24) is 4.90 Å². The number of fused-ring (bicyclic) bond motifs is 1. The molecular weight excluding hydrogens is 474 g/mol. The van der Waals surface area contributed by atoms with Crippen LogP contribution < -0.4 is 10.1 Å². The van der Waals surface area contributed by atoms with E-state index in [-0.39, 0.29) is 18.2 Å². The molecule has 0 spiro atoms. The Labute approximate surface area is 215 Å². The quantitative estimate of drug-likeness (QED) is 0.342. The number of ether oxygens (including phenoxy) is 2. The summed E-state index contributed by atoms with van der Waals surface area (Å²) in [6, 6.07) is 21.2. The molecule has 1 heterocycles. The average Bonchev–Trinajstić information content (AvgIpc) is 3.16. The summed E-state index contributed by atoms with van der Waals surface area (Å²) in [5.41, 5.74) is 1.44. The van der Waals surface area contributed by atoms with E-state index in [1.807, 2.05) is 80.6 Å². The minimum atomic E-state index is -0.529. The first-order valence-electron chi connectivity index (χ1n) is 12.2. The van der Waals surface area contributed by atoms with Gasteiger partial charge in [0, 0.05) is 31.9 Å². The van der Waals surface area contributed by atoms with E-state index in [9.17, 15) is 9.59 Å². The average molecular weight is 506 g/mol. The Hall–Kier alpha value is -3.36. The summed E-state index contributed by atoms with van der Waals surface area (Å²) in [7, 11) is 0. The third kappa shape index (κ3) is 6.65. The van der Waals surface area contributed by atoms with Crippen molar-refractivity contribution in [2.45, 2.75) is 31.9 Å². The van der Waals surface area contributed by atoms with Crippen LogP contribution in [0.4, 0.5) is 11.4 Å². The fraction of sp³-hybridized carbons (Fsp3) is 0.321. The molecule has 1 aliphatic rings. The van der Waals surface area contributed by atoms with Crippen LogP contribution in [0, 0.1) is 0 Å². The molecule has 4 rings (SSSR count). The lowest BCUT2D eigenvalue weighted by atomic mass is 10.1. The number of hydrogen-bond donors (Lipinski definition) is 1. The molecule has 0 aromatic heterocycles. The van der Waals surface area contributed by atoms with Crippen LogP contribution in [-0.2, 0) is 14.3 Å². The summed E-state index contributed by atoms with van der Waals surface area (Å²) in [5.74, 6) is 0.468. The molecule has 8 heteroatoms. The van der Waals surface area contributed by atoms with Crippen LogP contribution in [0.3, 0.4) is 0 Å². The molecule has 0 radical (unpaired) electrons. The van der Waals surface area contributed by atoms with Crippen molar-refractivity contribution in [3.05, 3.63) is 66.7 Å². The molecule has 1 saturated heterocycles. The highest BCUT2D eigenvalue weighted by atomic mass is 32.2. The van der Waals surface area contributed by atoms with Gasteiger partial charge in [0.1, 0.15) is 11.0 Å². The van der Waals surface area contributed by atoms with Crippen LogP contribution in [-0.4, -0.2) is 53.5 Å². The highest BCUT2D eigenvalue weighted by Gasteiger charge is 2.38. The van der Waals surface area contributed by atoms with Gasteiger partial charge in [-0.15, -0.1) is 0 Å². The highest BCUT2D eigenvalue weighted by Crippen LogP contribution is 2.32. The molecule has 7 nitrogen and oxygen atoms in total. The summed E-state index contributed by atoms with van der Waals surface area (Å²) >= 11 is 1.33. The van der Waals surface area contributed by atoms with E-state index in [0.29, 0.717) is 43.6 Å². The van der Waals surface area contributed by atoms with Crippen molar-refractivity contribution in [2.75, 3.05) is 31.7 Å². The zero-order valence-electron chi connectivity index (χ0n) is 20.6. The van der Waals surface area contributed by atoms with E-state index in [2.05, 4.69) is 5.32 Å². The van der Waals surface area contributed by atoms with E-state index in [1.54, 1.807) is 4.90 Å². The van der Waals surface area contributed by atoms with Crippen LogP contribution >= 0.6 is 11.8 Å². The summed E-state index contributed by atoms with van der Waals surface area (Å²) in [5, 5.41) is 5.17. The molecule has 1 aliphatic heterocycles. The number of amidine groups is 1. The SMILES string of the molecule is CCOCCCN1C(=O)[C@H](CC(=O)Nc2ccc3ccccc3c2)SC1=Nc1ccc(OCC)cc1. The Kier molecular flexibility index (Phi) is 8.97. The highest BCUT2D eigenvalue weighted by molar-refractivity contribution is 8.15. The van der Waals surface area contributed by atoms with Gasteiger partial charge in [0.05, 0.1) is 12.3 Å². The summed E-state index contributed by atoms with van der Waals surface area (Å²) < 4.78 is 10.9. The lowest BCUT2D eigenvalue weighted by molar-refractivity contribution is -0.128. The van der Waals surface area contributed by atoms with Gasteiger partial charge in [0.15, 0.2) is 5.17 Å². The number of carbonyl (C=O) groups excluding carboxylic acids is 2. The number of nitrogens with one attached hydrogen (secondary N) is 1. The first-order chi connectivity index (χ1) is 17.6. The Morgan fingerprint density at radius 3 is 2.56 bits per heavy atom. The predicted octanol–water partition coefficient (Wildman–Crippen LogP) is 5.63. The third-order valence-corrected chi connectivity index (χ3v) is 6.85. The number of hydrogen-bond acceptors (Lipinski definition) is 6. The zero-order chi connectivity index (χ0) is 25.3. The van der Waals surface area contributed by atoms with Crippen molar-refractivity contribution >= 4 is 50.9 Å². The van der Waals surface area contributed by atoms with Gasteiger partial charge in [-0.1, -0.05) is 42.1 Å². The topological polar surface area (TPSA) is 80.2 Å². The van der Waals surface area contributed by atoms with Crippen molar-refractivity contribution in [3.63, 3.8) is 0 Å². The second-order valence-corrected chi connectivity index (χ2v) is 9.45. The normalized spacial score (nSPS) is 16.6. The molecule has 36 heavy (non-hydrogen) atoms. The Morgan fingerprint density at radius 2 is 1.81 bits per heavy atom. The first-order valence-corrected chi connectivity index (χ1v) is 13.1. The number of carbonyl (C=O) groups is 2. The maximum Gasteiger partial charge on any atom is 0.242 e. The fourth-order valence-electron chi connectivity index (χ4n) is 3.94. The van der Waals surface area contributed by atoms with Gasteiger partial charge in [-0.2, -0.15) is 0 Å². The molecule has 3 aromatic rings. The van der Waals surface area contributed by atoms with Gasteiger partial charge in [-0.3, -0.25) is 14.5 Å². The maximum absolute atomic E-state index is 13.3. The van der Waals surface area contributed by atoms with Gasteiger partial charge in [-0.05, 0) is 67.4 Å². The van der Waals surface area contributed by atoms with E-state index < -0.39 is 5.25 Å². The second-order valence-electron chi connectivity index (χ2n) is 8.28. The molecule has 2 amide bonds. The fourth-order valence-corrected chi connectivity index (χ4v) is 5.13. The minimum Gasteiger partial charge on any atom is -0.494 e. The van der Waals surface area contributed by atoms with Crippen molar-refractivity contribution in [2.24, 2.45) is 4.99 Å². The molecule has 3 aromatic carbocycles. The van der Waals surface area contributed by atoms with Gasteiger partial charge >= 0.3 is 0 Å². The lowest BCUT2D eigenvalue weighted by Gasteiger charge is -2.16. The molecule has 0 saturated carbocycles. The lowest BCUT2D eigenvalue weighted by Crippen LogP contribution is -2.34. The number of anilines is 1. The standard InChI is InChI=1S/C28H31N3O4S/c1-3-34-17-7-16-31-27(33)25(36-28(31)30-22-12-14-24(15-13-22)35-4-2)19-26(32)29-23-11-10-20-8-5-6-9-21(20)18-23/h5-6,8-15,18,25H,3-4,7,16-17,19H2,1-2H3,(H,29,32)/t25-/m0/s1. The van der Waals surface area contributed by atoms with E-state index in [1.165, 1.54) is 11.8 Å². The summed E-state index contributed by atoms with van der Waals surface area (Å²) in [6.07, 6.45) is 0.763.